The van der Waals surface area contributed by atoms with E-state index in [4.69, 9.17) is 11.3 Å². The summed E-state index contributed by atoms with van der Waals surface area (Å²) in [5, 5.41) is 0. The number of nitrogens with zero attached hydrogens (tertiary/aromatic N) is 3. The molecule has 5 heteroatoms. The quantitative estimate of drug-likeness (QED) is 0.530. The van der Waals surface area contributed by atoms with Gasteiger partial charge in [0.1, 0.15) is 6.61 Å². The number of carbonyl (C=O) groups is 1. The van der Waals surface area contributed by atoms with E-state index in [-0.39, 0.29) is 12.7 Å². The first-order valence-corrected chi connectivity index (χ1v) is 9.83. The Morgan fingerprint density at radius 2 is 1.77 bits per heavy atom. The lowest BCUT2D eigenvalue weighted by Crippen LogP contribution is -2.35. The maximum atomic E-state index is 12.5. The molecule has 3 aromatic rings. The topological polar surface area (TPSA) is 46.8 Å². The molecular weight excluding hydrogens is 374 g/mol. The van der Waals surface area contributed by atoms with E-state index < -0.39 is 0 Å². The maximum Gasteiger partial charge on any atom is 0.410 e. The molecule has 0 N–H and O–H groups in total. The molecule has 0 radical (unpaired) electrons. The van der Waals surface area contributed by atoms with Crippen LogP contribution in [0.2, 0.25) is 0 Å². The molecule has 0 saturated carbocycles. The van der Waals surface area contributed by atoms with E-state index in [1.54, 1.807) is 4.90 Å². The fourth-order valence-corrected chi connectivity index (χ4v) is 3.45. The number of amides is 1. The summed E-state index contributed by atoms with van der Waals surface area (Å²) in [4.78, 5) is 22.4. The summed E-state index contributed by atoms with van der Waals surface area (Å²) < 4.78 is 5.46. The number of ether oxygens (including phenoxy) is 1. The van der Waals surface area contributed by atoms with Gasteiger partial charge < -0.3 is 14.5 Å². The molecule has 0 atom stereocenters. The second-order valence-corrected chi connectivity index (χ2v) is 7.03. The highest BCUT2D eigenvalue weighted by Crippen LogP contribution is 2.31. The van der Waals surface area contributed by atoms with Gasteiger partial charge in [0.25, 0.3) is 5.82 Å². The van der Waals surface area contributed by atoms with Crippen LogP contribution in [-0.2, 0) is 11.3 Å². The summed E-state index contributed by atoms with van der Waals surface area (Å²) >= 11 is 0. The van der Waals surface area contributed by atoms with Crippen LogP contribution in [0.3, 0.4) is 0 Å². The zero-order chi connectivity index (χ0) is 20.8. The molecule has 1 amide bonds. The van der Waals surface area contributed by atoms with Gasteiger partial charge in [-0.3, -0.25) is 0 Å². The molecule has 148 valence electrons. The highest BCUT2D eigenvalue weighted by molar-refractivity contribution is 5.79. The molecule has 0 fully saturated rings. The number of aromatic nitrogens is 1. The molecule has 4 rings (SSSR count). The Morgan fingerprint density at radius 3 is 2.50 bits per heavy atom. The highest BCUT2D eigenvalue weighted by atomic mass is 16.6. The molecule has 0 unspecified atom stereocenters. The summed E-state index contributed by atoms with van der Waals surface area (Å²) in [6, 6.07) is 23.2. The van der Waals surface area contributed by atoms with Crippen LogP contribution in [0.25, 0.3) is 21.5 Å². The van der Waals surface area contributed by atoms with Gasteiger partial charge in [-0.25, -0.2) is 4.79 Å². The predicted molar refractivity (Wildman–Crippen MR) is 117 cm³/mol. The summed E-state index contributed by atoms with van der Waals surface area (Å²) in [6.45, 7) is 8.82. The minimum absolute atomic E-state index is 0.251. The number of carbonyl (C=O) groups excluding carboxylic acids is 1. The number of rotatable bonds is 4. The zero-order valence-corrected chi connectivity index (χ0v) is 16.5. The van der Waals surface area contributed by atoms with E-state index in [0.29, 0.717) is 18.9 Å². The molecule has 2 heterocycles. The van der Waals surface area contributed by atoms with Crippen molar-refractivity contribution in [1.29, 1.82) is 0 Å². The Balaban J connectivity index is 1.47. The van der Waals surface area contributed by atoms with Gasteiger partial charge in [-0.2, -0.15) is 0 Å². The van der Waals surface area contributed by atoms with Crippen LogP contribution in [0, 0.1) is 6.57 Å². The lowest BCUT2D eigenvalue weighted by atomic mass is 10.0. The fraction of sp³-hybridized carbons (Fsp3) is 0.160. The standard InChI is InChI=1S/C25H21N3O2/c1-26-24-22(20-11-6-3-7-12-20)14-15-23(27-24)21-13-8-16-28(17-21)25(29)30-18-19-9-4-2-5-10-19/h2-7,9-15H,8,16-18H2. The number of hydrogen-bond acceptors (Lipinski definition) is 3. The van der Waals surface area contributed by atoms with Gasteiger partial charge in [-0.05, 0) is 23.6 Å². The molecule has 5 nitrogen and oxygen atoms in total. The van der Waals surface area contributed by atoms with Crippen molar-refractivity contribution in [3.8, 4) is 11.1 Å². The molecule has 0 aliphatic carbocycles. The van der Waals surface area contributed by atoms with Crippen LogP contribution < -0.4 is 0 Å². The fourth-order valence-electron chi connectivity index (χ4n) is 3.45. The number of pyridine rings is 1. The molecular formula is C25H21N3O2. The Kier molecular flexibility index (Phi) is 5.86. The molecule has 2 aromatic carbocycles. The second kappa shape index (κ2) is 9.06. The first-order valence-electron chi connectivity index (χ1n) is 9.83. The van der Waals surface area contributed by atoms with Gasteiger partial charge in [-0.1, -0.05) is 79.4 Å². The van der Waals surface area contributed by atoms with Crippen molar-refractivity contribution in [3.63, 3.8) is 0 Å². The molecule has 0 saturated heterocycles. The van der Waals surface area contributed by atoms with E-state index in [1.165, 1.54) is 0 Å². The summed E-state index contributed by atoms with van der Waals surface area (Å²) in [5.41, 5.74) is 4.39. The molecule has 1 aliphatic rings. The van der Waals surface area contributed by atoms with Crippen molar-refractivity contribution >= 4 is 17.5 Å². The Morgan fingerprint density at radius 1 is 1.03 bits per heavy atom. The van der Waals surface area contributed by atoms with Crippen LogP contribution in [0.15, 0.2) is 78.9 Å². The number of benzene rings is 2. The summed E-state index contributed by atoms with van der Waals surface area (Å²) in [7, 11) is 0. The normalized spacial score (nSPS) is 13.3. The zero-order valence-electron chi connectivity index (χ0n) is 16.5. The monoisotopic (exact) mass is 395 g/mol. The minimum atomic E-state index is -0.337. The van der Waals surface area contributed by atoms with Gasteiger partial charge >= 0.3 is 6.09 Å². The Labute approximate surface area is 176 Å². The average Bonchev–Trinajstić information content (AvgIpc) is 2.83. The van der Waals surface area contributed by atoms with Gasteiger partial charge in [0.05, 0.1) is 6.54 Å². The minimum Gasteiger partial charge on any atom is -0.445 e. The summed E-state index contributed by atoms with van der Waals surface area (Å²) in [6.07, 6.45) is 2.47. The molecule has 0 spiro atoms. The molecule has 0 bridgehead atoms. The van der Waals surface area contributed by atoms with E-state index in [2.05, 4.69) is 15.9 Å². The third kappa shape index (κ3) is 4.39. The SMILES string of the molecule is [C-]#[N+]c1nc(C2=CCCN(C(=O)OCc3ccccc3)C2)ccc1-c1ccccc1. The Hall–Kier alpha value is -3.91. The number of hydrogen-bond donors (Lipinski definition) is 0. The van der Waals surface area contributed by atoms with Crippen molar-refractivity contribution in [2.45, 2.75) is 13.0 Å². The third-order valence-corrected chi connectivity index (χ3v) is 5.01. The van der Waals surface area contributed by atoms with Gasteiger partial charge in [0.15, 0.2) is 5.69 Å². The van der Waals surface area contributed by atoms with Crippen LogP contribution >= 0.6 is 0 Å². The third-order valence-electron chi connectivity index (χ3n) is 5.01. The smallest absolute Gasteiger partial charge is 0.410 e. The molecule has 1 aliphatic heterocycles. The van der Waals surface area contributed by atoms with E-state index in [1.807, 2.05) is 72.8 Å². The van der Waals surface area contributed by atoms with Crippen LogP contribution in [0.5, 0.6) is 0 Å². The van der Waals surface area contributed by atoms with E-state index in [0.717, 1.165) is 34.4 Å². The first-order chi connectivity index (χ1) is 14.7. The lowest BCUT2D eigenvalue weighted by Gasteiger charge is -2.26. The predicted octanol–water partition coefficient (Wildman–Crippen LogP) is 5.73. The highest BCUT2D eigenvalue weighted by Gasteiger charge is 2.23. The molecule has 1 aromatic heterocycles. The van der Waals surface area contributed by atoms with Gasteiger partial charge in [0.2, 0.25) is 0 Å². The van der Waals surface area contributed by atoms with Crippen LogP contribution in [0.1, 0.15) is 17.7 Å². The van der Waals surface area contributed by atoms with E-state index >= 15 is 0 Å². The maximum absolute atomic E-state index is 12.5. The average molecular weight is 395 g/mol. The lowest BCUT2D eigenvalue weighted by molar-refractivity contribution is 0.100. The largest absolute Gasteiger partial charge is 0.445 e. The second-order valence-electron chi connectivity index (χ2n) is 7.03. The van der Waals surface area contributed by atoms with Crippen LogP contribution in [0.4, 0.5) is 10.6 Å². The summed E-state index contributed by atoms with van der Waals surface area (Å²) in [5.74, 6) is 0.364. The van der Waals surface area contributed by atoms with Gasteiger partial charge in [0, 0.05) is 17.7 Å². The van der Waals surface area contributed by atoms with Crippen molar-refractivity contribution in [3.05, 3.63) is 102 Å². The van der Waals surface area contributed by atoms with Gasteiger partial charge in [-0.15, -0.1) is 4.98 Å². The van der Waals surface area contributed by atoms with Crippen molar-refractivity contribution in [1.82, 2.24) is 9.88 Å². The van der Waals surface area contributed by atoms with Crippen molar-refractivity contribution in [2.75, 3.05) is 13.1 Å². The van der Waals surface area contributed by atoms with E-state index in [9.17, 15) is 4.79 Å². The van der Waals surface area contributed by atoms with Crippen LogP contribution in [-0.4, -0.2) is 29.1 Å². The van der Waals surface area contributed by atoms with Crippen molar-refractivity contribution < 1.29 is 9.53 Å². The molecule has 30 heavy (non-hydrogen) atoms. The first kappa shape index (κ1) is 19.4. The van der Waals surface area contributed by atoms with Crippen molar-refractivity contribution in [2.24, 2.45) is 0 Å². The Bertz CT molecular complexity index is 1100.